The zero-order valence-corrected chi connectivity index (χ0v) is 15.1. The minimum atomic E-state index is -0.192. The highest BCUT2D eigenvalue weighted by Gasteiger charge is 2.25. The van der Waals surface area contributed by atoms with Crippen LogP contribution in [-0.4, -0.2) is 33.3 Å². The van der Waals surface area contributed by atoms with Gasteiger partial charge >= 0.3 is 0 Å². The molecule has 0 spiro atoms. The Hall–Kier alpha value is -2.82. The lowest BCUT2D eigenvalue weighted by atomic mass is 10.1. The lowest BCUT2D eigenvalue weighted by molar-refractivity contribution is -0.331. The fraction of sp³-hybridized carbons (Fsp3) is 0.286. The number of benzene rings is 2. The van der Waals surface area contributed by atoms with Gasteiger partial charge in [0.15, 0.2) is 11.3 Å². The quantitative estimate of drug-likeness (QED) is 0.723. The molecule has 4 nitrogen and oxygen atoms in total. The second-order valence-corrected chi connectivity index (χ2v) is 6.67. The second kappa shape index (κ2) is 6.83. The number of fused-ring (bicyclic) bond motifs is 1. The maximum atomic E-state index is 13.1. The largest absolute Gasteiger partial charge is 0.492 e. The number of anilines is 2. The van der Waals surface area contributed by atoms with Crippen LogP contribution in [0.4, 0.5) is 15.9 Å². The van der Waals surface area contributed by atoms with Gasteiger partial charge in [0.1, 0.15) is 18.9 Å². The maximum absolute atomic E-state index is 13.1. The van der Waals surface area contributed by atoms with Gasteiger partial charge in [0.2, 0.25) is 0 Å². The number of piperazine rings is 1. The Balaban J connectivity index is 1.56. The number of rotatable bonds is 3. The van der Waals surface area contributed by atoms with Crippen molar-refractivity contribution < 1.29 is 14.1 Å². The minimum Gasteiger partial charge on any atom is -0.492 e. The summed E-state index contributed by atoms with van der Waals surface area (Å²) >= 11 is 0. The van der Waals surface area contributed by atoms with Crippen LogP contribution in [-0.2, 0) is 0 Å². The van der Waals surface area contributed by atoms with E-state index in [2.05, 4.69) is 33.8 Å². The number of aryl methyl sites for hydroxylation is 1. The number of hydrogen-bond acceptors (Lipinski definition) is 3. The van der Waals surface area contributed by atoms with E-state index in [0.717, 1.165) is 49.0 Å². The highest BCUT2D eigenvalue weighted by molar-refractivity contribution is 5.85. The molecule has 134 valence electrons. The Morgan fingerprint density at radius 1 is 0.962 bits per heavy atom. The van der Waals surface area contributed by atoms with Gasteiger partial charge in [-0.15, -0.1) is 0 Å². The molecule has 1 aromatic heterocycles. The molecular formula is C21H23FN3O+. The van der Waals surface area contributed by atoms with Crippen LogP contribution in [0.5, 0.6) is 5.75 Å². The van der Waals surface area contributed by atoms with Crippen molar-refractivity contribution in [1.82, 2.24) is 0 Å². The molecule has 0 radical (unpaired) electrons. The SMILES string of the molecule is COc1cccc2c(C)cc(N3CCN(c4ccc(F)cc4)CC3)[nH+]c12. The van der Waals surface area contributed by atoms with E-state index in [1.807, 2.05) is 24.3 Å². The Labute approximate surface area is 152 Å². The molecule has 3 aromatic rings. The summed E-state index contributed by atoms with van der Waals surface area (Å²) in [5.74, 6) is 1.78. The van der Waals surface area contributed by atoms with Gasteiger partial charge in [0, 0.05) is 17.1 Å². The molecule has 1 aliphatic heterocycles. The third-order valence-electron chi connectivity index (χ3n) is 5.09. The first kappa shape index (κ1) is 16.6. The zero-order valence-electron chi connectivity index (χ0n) is 15.1. The lowest BCUT2D eigenvalue weighted by Gasteiger charge is -2.32. The number of H-pyrrole nitrogens is 1. The van der Waals surface area contributed by atoms with Gasteiger partial charge in [-0.05, 0) is 42.8 Å². The first-order valence-electron chi connectivity index (χ1n) is 8.91. The van der Waals surface area contributed by atoms with Crippen molar-refractivity contribution in [3.8, 4) is 5.75 Å². The van der Waals surface area contributed by atoms with E-state index in [4.69, 9.17) is 4.74 Å². The molecule has 0 unspecified atom stereocenters. The monoisotopic (exact) mass is 352 g/mol. The number of ether oxygens (including phenoxy) is 1. The van der Waals surface area contributed by atoms with Crippen LogP contribution in [0.25, 0.3) is 10.9 Å². The normalized spacial score (nSPS) is 14.7. The molecule has 2 heterocycles. The van der Waals surface area contributed by atoms with Gasteiger partial charge in [-0.1, -0.05) is 12.1 Å². The van der Waals surface area contributed by atoms with Gasteiger partial charge in [-0.25, -0.2) is 9.37 Å². The number of nitrogens with zero attached hydrogens (tertiary/aromatic N) is 2. The van der Waals surface area contributed by atoms with E-state index in [0.29, 0.717) is 0 Å². The molecule has 1 N–H and O–H groups in total. The summed E-state index contributed by atoms with van der Waals surface area (Å²) in [5, 5.41) is 1.18. The van der Waals surface area contributed by atoms with Crippen molar-refractivity contribution in [2.75, 3.05) is 43.1 Å². The number of hydrogen-bond donors (Lipinski definition) is 0. The Morgan fingerprint density at radius 2 is 1.65 bits per heavy atom. The highest BCUT2D eigenvalue weighted by Crippen LogP contribution is 2.27. The molecule has 1 saturated heterocycles. The van der Waals surface area contributed by atoms with E-state index in [9.17, 15) is 4.39 Å². The summed E-state index contributed by atoms with van der Waals surface area (Å²) in [6, 6.07) is 15.1. The molecule has 2 aromatic carbocycles. The fourth-order valence-corrected chi connectivity index (χ4v) is 3.63. The molecule has 0 atom stereocenters. The smallest absolute Gasteiger partial charge is 0.275 e. The summed E-state index contributed by atoms with van der Waals surface area (Å²) in [6.45, 7) is 5.76. The van der Waals surface area contributed by atoms with Gasteiger partial charge in [-0.3, -0.25) is 4.90 Å². The average molecular weight is 352 g/mol. The van der Waals surface area contributed by atoms with Crippen molar-refractivity contribution >= 4 is 22.4 Å². The molecule has 5 heteroatoms. The first-order valence-corrected chi connectivity index (χ1v) is 8.91. The standard InChI is InChI=1S/C21H22FN3O/c1-15-14-20(23-21-18(15)4-3-5-19(21)26-2)25-12-10-24(11-13-25)17-8-6-16(22)7-9-17/h3-9,14H,10-13H2,1-2H3/p+1. The van der Waals surface area contributed by atoms with Crippen LogP contribution in [0.15, 0.2) is 48.5 Å². The van der Waals surface area contributed by atoms with Crippen LogP contribution in [0.2, 0.25) is 0 Å². The number of aromatic nitrogens is 1. The highest BCUT2D eigenvalue weighted by atomic mass is 19.1. The predicted octanol–water partition coefficient (Wildman–Crippen LogP) is 3.44. The van der Waals surface area contributed by atoms with Crippen LogP contribution >= 0.6 is 0 Å². The summed E-state index contributed by atoms with van der Waals surface area (Å²) in [5.41, 5.74) is 3.34. The van der Waals surface area contributed by atoms with Gasteiger partial charge in [-0.2, -0.15) is 0 Å². The van der Waals surface area contributed by atoms with Crippen molar-refractivity contribution in [2.24, 2.45) is 0 Å². The summed E-state index contributed by atoms with van der Waals surface area (Å²) in [6.07, 6.45) is 0. The molecule has 0 bridgehead atoms. The number of halogens is 1. The van der Waals surface area contributed by atoms with Crippen molar-refractivity contribution in [3.63, 3.8) is 0 Å². The Bertz CT molecular complexity index is 918. The lowest BCUT2D eigenvalue weighted by Crippen LogP contribution is -2.48. The number of nitrogens with one attached hydrogen (secondary N) is 1. The van der Waals surface area contributed by atoms with E-state index >= 15 is 0 Å². The third-order valence-corrected chi connectivity index (χ3v) is 5.09. The Morgan fingerprint density at radius 3 is 2.35 bits per heavy atom. The number of para-hydroxylation sites is 1. The minimum absolute atomic E-state index is 0.192. The third kappa shape index (κ3) is 3.05. The predicted molar refractivity (Wildman–Crippen MR) is 103 cm³/mol. The van der Waals surface area contributed by atoms with Crippen molar-refractivity contribution in [3.05, 3.63) is 59.9 Å². The van der Waals surface area contributed by atoms with Crippen molar-refractivity contribution in [1.29, 1.82) is 0 Å². The van der Waals surface area contributed by atoms with Crippen LogP contribution in [0.3, 0.4) is 0 Å². The summed E-state index contributed by atoms with van der Waals surface area (Å²) in [4.78, 5) is 8.21. The molecular weight excluding hydrogens is 329 g/mol. The average Bonchev–Trinajstić information content (AvgIpc) is 2.68. The van der Waals surface area contributed by atoms with Crippen LogP contribution < -0.4 is 19.5 Å². The number of aromatic amines is 1. The fourth-order valence-electron chi connectivity index (χ4n) is 3.63. The van der Waals surface area contributed by atoms with Crippen molar-refractivity contribution in [2.45, 2.75) is 6.92 Å². The Kier molecular flexibility index (Phi) is 4.37. The molecule has 26 heavy (non-hydrogen) atoms. The molecule has 0 aliphatic carbocycles. The molecule has 0 amide bonds. The topological polar surface area (TPSA) is 29.9 Å². The zero-order chi connectivity index (χ0) is 18.1. The molecule has 1 fully saturated rings. The molecule has 1 aliphatic rings. The van der Waals surface area contributed by atoms with Gasteiger partial charge in [0.05, 0.1) is 20.2 Å². The van der Waals surface area contributed by atoms with Crippen LogP contribution in [0, 0.1) is 12.7 Å². The van der Waals surface area contributed by atoms with Crippen LogP contribution in [0.1, 0.15) is 5.56 Å². The van der Waals surface area contributed by atoms with Gasteiger partial charge in [0.25, 0.3) is 5.82 Å². The molecule has 0 saturated carbocycles. The number of pyridine rings is 1. The van der Waals surface area contributed by atoms with E-state index < -0.39 is 0 Å². The van der Waals surface area contributed by atoms with Gasteiger partial charge < -0.3 is 9.64 Å². The summed E-state index contributed by atoms with van der Waals surface area (Å²) in [7, 11) is 1.70. The van der Waals surface area contributed by atoms with E-state index in [1.165, 1.54) is 23.1 Å². The van der Waals surface area contributed by atoms with E-state index in [-0.39, 0.29) is 5.82 Å². The molecule has 4 rings (SSSR count). The van der Waals surface area contributed by atoms with E-state index in [1.54, 1.807) is 7.11 Å². The first-order chi connectivity index (χ1) is 12.7. The number of methoxy groups -OCH3 is 1. The maximum Gasteiger partial charge on any atom is 0.275 e. The summed E-state index contributed by atoms with van der Waals surface area (Å²) < 4.78 is 18.6. The second-order valence-electron chi connectivity index (χ2n) is 6.67.